The van der Waals surface area contributed by atoms with E-state index < -0.39 is 0 Å². The summed E-state index contributed by atoms with van der Waals surface area (Å²) in [7, 11) is 0. The molecule has 1 heterocycles. The van der Waals surface area contributed by atoms with E-state index >= 15 is 0 Å². The van der Waals surface area contributed by atoms with E-state index in [0.717, 1.165) is 17.0 Å². The number of benzene rings is 2. The fourth-order valence-electron chi connectivity index (χ4n) is 2.11. The Morgan fingerprint density at radius 1 is 1.00 bits per heavy atom. The molecule has 94 valence electrons. The lowest BCUT2D eigenvalue weighted by atomic mass is 10.1. The summed E-state index contributed by atoms with van der Waals surface area (Å²) in [4.78, 5) is 12.0. The maximum atomic E-state index is 12.0. The molecule has 2 aromatic carbocycles. The van der Waals surface area contributed by atoms with Crippen LogP contribution in [0.1, 0.15) is 17.5 Å². The van der Waals surface area contributed by atoms with Crippen molar-refractivity contribution in [3.8, 4) is 0 Å². The smallest absolute Gasteiger partial charge is 0.253 e. The van der Waals surface area contributed by atoms with E-state index in [4.69, 9.17) is 0 Å². The van der Waals surface area contributed by atoms with Gasteiger partial charge in [-0.3, -0.25) is 4.79 Å². The third kappa shape index (κ3) is 2.27. The average Bonchev–Trinajstić information content (AvgIpc) is 2.83. The van der Waals surface area contributed by atoms with Crippen LogP contribution < -0.4 is 5.01 Å². The summed E-state index contributed by atoms with van der Waals surface area (Å²) in [5.74, 6) is 0.0155. The first-order chi connectivity index (χ1) is 9.24. The zero-order chi connectivity index (χ0) is 13.2. The van der Waals surface area contributed by atoms with Crippen molar-refractivity contribution >= 4 is 17.3 Å². The van der Waals surface area contributed by atoms with Gasteiger partial charge in [0.2, 0.25) is 0 Å². The number of para-hydroxylation sites is 1. The van der Waals surface area contributed by atoms with Gasteiger partial charge in [-0.05, 0) is 24.6 Å². The second kappa shape index (κ2) is 4.69. The minimum absolute atomic E-state index is 0.0155. The Kier molecular flexibility index (Phi) is 2.88. The highest BCUT2D eigenvalue weighted by molar-refractivity contribution is 6.19. The molecule has 0 spiro atoms. The third-order valence-corrected chi connectivity index (χ3v) is 3.16. The first-order valence-corrected chi connectivity index (χ1v) is 6.26. The summed E-state index contributed by atoms with van der Waals surface area (Å²) >= 11 is 0. The van der Waals surface area contributed by atoms with Crippen LogP contribution in [0.25, 0.3) is 0 Å². The fraction of sp³-hybridized carbons (Fsp3) is 0.125. The maximum Gasteiger partial charge on any atom is 0.253 e. The number of aryl methyl sites for hydroxylation is 1. The second-order valence-electron chi connectivity index (χ2n) is 4.63. The molecule has 0 atom stereocenters. The summed E-state index contributed by atoms with van der Waals surface area (Å²) in [6, 6.07) is 17.6. The van der Waals surface area contributed by atoms with Gasteiger partial charge in [-0.15, -0.1) is 0 Å². The number of rotatable bonds is 2. The molecule has 2 aromatic rings. The van der Waals surface area contributed by atoms with Crippen LogP contribution in [0.3, 0.4) is 0 Å². The van der Waals surface area contributed by atoms with Gasteiger partial charge in [0, 0.05) is 0 Å². The number of carbonyl (C=O) groups excluding carboxylic acids is 1. The van der Waals surface area contributed by atoms with E-state index in [1.807, 2.05) is 61.5 Å². The molecule has 3 nitrogen and oxygen atoms in total. The van der Waals surface area contributed by atoms with E-state index in [-0.39, 0.29) is 5.91 Å². The molecule has 0 unspecified atom stereocenters. The number of anilines is 1. The third-order valence-electron chi connectivity index (χ3n) is 3.16. The number of carbonyl (C=O) groups is 1. The maximum absolute atomic E-state index is 12.0. The monoisotopic (exact) mass is 250 g/mol. The normalized spacial score (nSPS) is 14.7. The van der Waals surface area contributed by atoms with Gasteiger partial charge in [0.1, 0.15) is 0 Å². The van der Waals surface area contributed by atoms with Gasteiger partial charge in [0.15, 0.2) is 0 Å². The van der Waals surface area contributed by atoms with Crippen LogP contribution in [0.5, 0.6) is 0 Å². The van der Waals surface area contributed by atoms with E-state index in [1.54, 1.807) is 0 Å². The summed E-state index contributed by atoms with van der Waals surface area (Å²) in [5.41, 5.74) is 3.86. The van der Waals surface area contributed by atoms with Gasteiger partial charge in [0.05, 0.1) is 17.8 Å². The van der Waals surface area contributed by atoms with E-state index in [9.17, 15) is 4.79 Å². The Bertz CT molecular complexity index is 630. The Labute approximate surface area is 112 Å². The Morgan fingerprint density at radius 2 is 1.68 bits per heavy atom. The molecule has 1 aliphatic heterocycles. The molecule has 0 aliphatic carbocycles. The highest BCUT2D eigenvalue weighted by atomic mass is 16.2. The van der Waals surface area contributed by atoms with Crippen LogP contribution in [-0.4, -0.2) is 11.6 Å². The molecular weight excluding hydrogens is 236 g/mol. The van der Waals surface area contributed by atoms with Gasteiger partial charge in [-0.25, -0.2) is 5.01 Å². The van der Waals surface area contributed by atoms with Gasteiger partial charge in [0.25, 0.3) is 5.91 Å². The van der Waals surface area contributed by atoms with E-state index in [0.29, 0.717) is 6.42 Å². The minimum atomic E-state index is 0.0155. The van der Waals surface area contributed by atoms with E-state index in [2.05, 4.69) is 5.10 Å². The van der Waals surface area contributed by atoms with Crippen molar-refractivity contribution in [2.24, 2.45) is 5.10 Å². The van der Waals surface area contributed by atoms with Crippen molar-refractivity contribution in [2.75, 3.05) is 5.01 Å². The molecule has 0 aromatic heterocycles. The molecule has 0 bridgehead atoms. The lowest BCUT2D eigenvalue weighted by Gasteiger charge is -2.10. The van der Waals surface area contributed by atoms with Gasteiger partial charge < -0.3 is 0 Å². The number of nitrogens with zero attached hydrogens (tertiary/aromatic N) is 2. The molecule has 0 fully saturated rings. The summed E-state index contributed by atoms with van der Waals surface area (Å²) in [6.07, 6.45) is 0.359. The zero-order valence-electron chi connectivity index (χ0n) is 10.7. The lowest BCUT2D eigenvalue weighted by Crippen LogP contribution is -2.19. The van der Waals surface area contributed by atoms with Crippen LogP contribution in [-0.2, 0) is 4.79 Å². The number of hydrogen-bond acceptors (Lipinski definition) is 2. The number of amides is 1. The van der Waals surface area contributed by atoms with Gasteiger partial charge >= 0.3 is 0 Å². The van der Waals surface area contributed by atoms with Crippen molar-refractivity contribution in [1.82, 2.24) is 0 Å². The quantitative estimate of drug-likeness (QED) is 0.806. The predicted molar refractivity (Wildman–Crippen MR) is 76.3 cm³/mol. The largest absolute Gasteiger partial charge is 0.272 e. The highest BCUT2D eigenvalue weighted by Gasteiger charge is 2.25. The summed E-state index contributed by atoms with van der Waals surface area (Å²) in [5, 5.41) is 5.92. The fourth-order valence-corrected chi connectivity index (χ4v) is 2.11. The minimum Gasteiger partial charge on any atom is -0.272 e. The first-order valence-electron chi connectivity index (χ1n) is 6.26. The Hall–Kier alpha value is -2.42. The molecule has 0 saturated heterocycles. The van der Waals surface area contributed by atoms with Gasteiger partial charge in [-0.2, -0.15) is 5.10 Å². The standard InChI is InChI=1S/C16H14N2O/c1-12-7-9-13(10-8-12)15-11-16(19)18(17-15)14-5-3-2-4-6-14/h2-10H,11H2,1H3. The molecule has 0 saturated carbocycles. The number of hydrogen-bond donors (Lipinski definition) is 0. The molecule has 3 heteroatoms. The second-order valence-corrected chi connectivity index (χ2v) is 4.63. The van der Waals surface area contributed by atoms with Crippen molar-refractivity contribution < 1.29 is 4.79 Å². The molecule has 1 amide bonds. The van der Waals surface area contributed by atoms with Crippen LogP contribution in [0.2, 0.25) is 0 Å². The highest BCUT2D eigenvalue weighted by Crippen LogP contribution is 2.22. The van der Waals surface area contributed by atoms with Crippen molar-refractivity contribution in [1.29, 1.82) is 0 Å². The molecule has 3 rings (SSSR count). The Morgan fingerprint density at radius 3 is 2.37 bits per heavy atom. The van der Waals surface area contributed by atoms with Crippen molar-refractivity contribution in [3.05, 3.63) is 65.7 Å². The molecule has 19 heavy (non-hydrogen) atoms. The van der Waals surface area contributed by atoms with Crippen LogP contribution in [0.15, 0.2) is 59.7 Å². The van der Waals surface area contributed by atoms with Gasteiger partial charge in [-0.1, -0.05) is 48.0 Å². The Balaban J connectivity index is 1.93. The average molecular weight is 250 g/mol. The van der Waals surface area contributed by atoms with Crippen LogP contribution in [0.4, 0.5) is 5.69 Å². The lowest BCUT2D eigenvalue weighted by molar-refractivity contribution is -0.116. The number of hydrazone groups is 1. The molecule has 0 N–H and O–H groups in total. The van der Waals surface area contributed by atoms with Crippen LogP contribution in [0, 0.1) is 6.92 Å². The topological polar surface area (TPSA) is 32.7 Å². The first kappa shape index (κ1) is 11.7. The predicted octanol–water partition coefficient (Wildman–Crippen LogP) is 3.14. The van der Waals surface area contributed by atoms with Crippen LogP contribution >= 0.6 is 0 Å². The summed E-state index contributed by atoms with van der Waals surface area (Å²) < 4.78 is 0. The molecule has 0 radical (unpaired) electrons. The SMILES string of the molecule is Cc1ccc(C2=NN(c3ccccc3)C(=O)C2)cc1. The van der Waals surface area contributed by atoms with Crippen molar-refractivity contribution in [2.45, 2.75) is 13.3 Å². The summed E-state index contributed by atoms with van der Waals surface area (Å²) in [6.45, 7) is 2.04. The zero-order valence-corrected chi connectivity index (χ0v) is 10.7. The molecular formula is C16H14N2O. The van der Waals surface area contributed by atoms with E-state index in [1.165, 1.54) is 10.6 Å². The molecule has 1 aliphatic rings. The van der Waals surface area contributed by atoms with Crippen molar-refractivity contribution in [3.63, 3.8) is 0 Å².